The van der Waals surface area contributed by atoms with Crippen LogP contribution in [0.3, 0.4) is 0 Å². The van der Waals surface area contributed by atoms with E-state index in [9.17, 15) is 5.11 Å². The van der Waals surface area contributed by atoms with Crippen LogP contribution in [0.5, 0.6) is 11.5 Å². The number of aromatic hydroxyl groups is 1. The number of phenols is 1. The maximum atomic E-state index is 9.75. The Morgan fingerprint density at radius 2 is 1.96 bits per heavy atom. The van der Waals surface area contributed by atoms with Crippen molar-refractivity contribution in [2.24, 2.45) is 5.10 Å². The molecule has 0 fully saturated rings. The van der Waals surface area contributed by atoms with Crippen molar-refractivity contribution in [2.75, 3.05) is 12.0 Å². The summed E-state index contributed by atoms with van der Waals surface area (Å²) in [6.45, 7) is 8.11. The molecule has 27 heavy (non-hydrogen) atoms. The third-order valence-electron chi connectivity index (χ3n) is 3.72. The molecule has 0 bridgehead atoms. The number of phenolic OH excluding ortho intramolecular Hbond substituents is 1. The number of nitrogens with one attached hydrogen (secondary N) is 1. The number of hydrogen-bond donors (Lipinski definition) is 2. The lowest BCUT2D eigenvalue weighted by atomic mass is 10.2. The summed E-state index contributed by atoms with van der Waals surface area (Å²) in [6.07, 6.45) is 1.63. The van der Waals surface area contributed by atoms with Crippen molar-refractivity contribution in [2.45, 2.75) is 27.7 Å². The first-order chi connectivity index (χ1) is 13.0. The molecule has 0 saturated carbocycles. The highest BCUT2D eigenvalue weighted by Gasteiger charge is 2.09. The molecule has 3 rings (SSSR count). The molecule has 8 nitrogen and oxygen atoms in total. The zero-order chi connectivity index (χ0) is 19.4. The molecule has 1 aromatic carbocycles. The molecule has 2 heterocycles. The number of ether oxygens (including phenoxy) is 1. The molecule has 0 atom stereocenters. The standard InChI is InChI=1S/C19H22N6O2/c1-5-27-17-10-15(6-7-16(17)26)11-20-23-18-9-12(2)21-19(22-18)25-14(4)8-13(3)24-25/h6-11,26H,5H2,1-4H3,(H,21,22,23)/b20-11+. The van der Waals surface area contributed by atoms with Gasteiger partial charge in [0.25, 0.3) is 5.95 Å². The van der Waals surface area contributed by atoms with Crippen molar-refractivity contribution in [1.29, 1.82) is 0 Å². The maximum absolute atomic E-state index is 9.75. The van der Waals surface area contributed by atoms with Crippen LogP contribution in [0.1, 0.15) is 29.6 Å². The summed E-state index contributed by atoms with van der Waals surface area (Å²) in [6, 6.07) is 8.81. The largest absolute Gasteiger partial charge is 0.504 e. The van der Waals surface area contributed by atoms with E-state index in [1.807, 2.05) is 33.8 Å². The molecule has 0 aliphatic rings. The second kappa shape index (κ2) is 7.86. The molecule has 0 amide bonds. The van der Waals surface area contributed by atoms with Crippen LogP contribution < -0.4 is 10.2 Å². The third-order valence-corrected chi connectivity index (χ3v) is 3.72. The molecule has 0 saturated heterocycles. The fourth-order valence-corrected chi connectivity index (χ4v) is 2.59. The van der Waals surface area contributed by atoms with Crippen LogP contribution in [0, 0.1) is 20.8 Å². The minimum absolute atomic E-state index is 0.0999. The summed E-state index contributed by atoms with van der Waals surface area (Å²) in [5, 5.41) is 18.4. The summed E-state index contributed by atoms with van der Waals surface area (Å²) in [7, 11) is 0. The molecule has 0 unspecified atom stereocenters. The van der Waals surface area contributed by atoms with Gasteiger partial charge in [0.15, 0.2) is 17.3 Å². The topological polar surface area (TPSA) is 97.5 Å². The van der Waals surface area contributed by atoms with Gasteiger partial charge in [0, 0.05) is 17.5 Å². The lowest BCUT2D eigenvalue weighted by molar-refractivity contribution is 0.318. The second-order valence-corrected chi connectivity index (χ2v) is 6.06. The number of benzene rings is 1. The van der Waals surface area contributed by atoms with Crippen molar-refractivity contribution in [1.82, 2.24) is 19.7 Å². The van der Waals surface area contributed by atoms with Crippen molar-refractivity contribution in [3.8, 4) is 17.4 Å². The predicted octanol–water partition coefficient (Wildman–Crippen LogP) is 3.14. The van der Waals surface area contributed by atoms with Crippen LogP contribution in [0.25, 0.3) is 5.95 Å². The molecule has 0 radical (unpaired) electrons. The highest BCUT2D eigenvalue weighted by molar-refractivity contribution is 5.81. The van der Waals surface area contributed by atoms with E-state index in [1.165, 1.54) is 0 Å². The van der Waals surface area contributed by atoms with Gasteiger partial charge in [-0.3, -0.25) is 5.43 Å². The van der Waals surface area contributed by atoms with Crippen molar-refractivity contribution in [3.05, 3.63) is 53.0 Å². The fourth-order valence-electron chi connectivity index (χ4n) is 2.59. The summed E-state index contributed by atoms with van der Waals surface area (Å²) in [5.41, 5.74) is 6.36. The first-order valence-corrected chi connectivity index (χ1v) is 8.60. The van der Waals surface area contributed by atoms with Gasteiger partial charge in [-0.1, -0.05) is 0 Å². The highest BCUT2D eigenvalue weighted by atomic mass is 16.5. The fraction of sp³-hybridized carbons (Fsp3) is 0.263. The van der Waals surface area contributed by atoms with Gasteiger partial charge in [-0.2, -0.15) is 15.2 Å². The number of rotatable bonds is 6. The van der Waals surface area contributed by atoms with Gasteiger partial charge in [0.1, 0.15) is 0 Å². The number of aromatic nitrogens is 4. The van der Waals surface area contributed by atoms with Crippen molar-refractivity contribution >= 4 is 12.0 Å². The molecule has 2 N–H and O–H groups in total. The molecule has 2 aromatic heterocycles. The van der Waals surface area contributed by atoms with Gasteiger partial charge in [0.05, 0.1) is 18.5 Å². The van der Waals surface area contributed by atoms with Gasteiger partial charge < -0.3 is 9.84 Å². The Balaban J connectivity index is 1.79. The Morgan fingerprint density at radius 3 is 2.67 bits per heavy atom. The van der Waals surface area contributed by atoms with Crippen LogP contribution in [-0.4, -0.2) is 37.7 Å². The molecule has 3 aromatic rings. The highest BCUT2D eigenvalue weighted by Crippen LogP contribution is 2.26. The summed E-state index contributed by atoms with van der Waals surface area (Å²) in [4.78, 5) is 8.91. The van der Waals surface area contributed by atoms with Gasteiger partial charge >= 0.3 is 0 Å². The quantitative estimate of drug-likeness (QED) is 0.514. The van der Waals surface area contributed by atoms with Gasteiger partial charge in [-0.25, -0.2) is 9.67 Å². The average molecular weight is 366 g/mol. The number of hydrogen-bond acceptors (Lipinski definition) is 7. The molecule has 0 aliphatic heterocycles. The van der Waals surface area contributed by atoms with Crippen molar-refractivity contribution < 1.29 is 9.84 Å². The number of hydrazone groups is 1. The molecule has 0 aliphatic carbocycles. The maximum Gasteiger partial charge on any atom is 0.253 e. The van der Waals surface area contributed by atoms with E-state index in [1.54, 1.807) is 35.2 Å². The molecular formula is C19H22N6O2. The monoisotopic (exact) mass is 366 g/mol. The van der Waals surface area contributed by atoms with Gasteiger partial charge in [-0.15, -0.1) is 0 Å². The van der Waals surface area contributed by atoms with Crippen LogP contribution in [-0.2, 0) is 0 Å². The third kappa shape index (κ3) is 4.41. The average Bonchev–Trinajstić information content (AvgIpc) is 2.96. The van der Waals surface area contributed by atoms with E-state index in [2.05, 4.69) is 25.6 Å². The zero-order valence-corrected chi connectivity index (χ0v) is 15.8. The lowest BCUT2D eigenvalue weighted by Gasteiger charge is -2.07. The van der Waals surface area contributed by atoms with Crippen molar-refractivity contribution in [3.63, 3.8) is 0 Å². The smallest absolute Gasteiger partial charge is 0.253 e. The van der Waals surface area contributed by atoms with E-state index < -0.39 is 0 Å². The van der Waals surface area contributed by atoms with E-state index in [-0.39, 0.29) is 5.75 Å². The normalized spacial score (nSPS) is 11.1. The predicted molar refractivity (Wildman–Crippen MR) is 104 cm³/mol. The first-order valence-electron chi connectivity index (χ1n) is 8.60. The number of aryl methyl sites for hydroxylation is 3. The summed E-state index contributed by atoms with van der Waals surface area (Å²) in [5.74, 6) is 1.57. The van der Waals surface area contributed by atoms with Gasteiger partial charge in [-0.05, 0) is 57.5 Å². The SMILES string of the molecule is CCOc1cc(/C=N/Nc2cc(C)nc(-n3nc(C)cc3C)n2)ccc1O. The Kier molecular flexibility index (Phi) is 5.35. The molecule has 140 valence electrons. The van der Waals surface area contributed by atoms with E-state index >= 15 is 0 Å². The molecule has 8 heteroatoms. The van der Waals surface area contributed by atoms with E-state index in [0.29, 0.717) is 24.1 Å². The summed E-state index contributed by atoms with van der Waals surface area (Å²) >= 11 is 0. The Hall–Kier alpha value is -3.42. The number of anilines is 1. The first kappa shape index (κ1) is 18.4. The van der Waals surface area contributed by atoms with Crippen LogP contribution in [0.2, 0.25) is 0 Å². The molecular weight excluding hydrogens is 344 g/mol. The van der Waals surface area contributed by atoms with E-state index in [0.717, 1.165) is 22.6 Å². The van der Waals surface area contributed by atoms with Crippen LogP contribution in [0.15, 0.2) is 35.4 Å². The Morgan fingerprint density at radius 1 is 1.15 bits per heavy atom. The Labute approximate surface area is 157 Å². The Bertz CT molecular complexity index is 980. The molecule has 0 spiro atoms. The second-order valence-electron chi connectivity index (χ2n) is 6.06. The minimum atomic E-state index is 0.0999. The number of nitrogens with zero attached hydrogens (tertiary/aromatic N) is 5. The van der Waals surface area contributed by atoms with Gasteiger partial charge in [0.2, 0.25) is 0 Å². The summed E-state index contributed by atoms with van der Waals surface area (Å²) < 4.78 is 7.07. The van der Waals surface area contributed by atoms with E-state index in [4.69, 9.17) is 4.74 Å². The van der Waals surface area contributed by atoms with Crippen LogP contribution >= 0.6 is 0 Å². The van der Waals surface area contributed by atoms with Crippen LogP contribution in [0.4, 0.5) is 5.82 Å². The zero-order valence-electron chi connectivity index (χ0n) is 15.8. The minimum Gasteiger partial charge on any atom is -0.504 e. The lowest BCUT2D eigenvalue weighted by Crippen LogP contribution is -2.08.